The van der Waals surface area contributed by atoms with Gasteiger partial charge in [0.25, 0.3) is 0 Å². The van der Waals surface area contributed by atoms with Gasteiger partial charge in [0.2, 0.25) is 0 Å². The van der Waals surface area contributed by atoms with E-state index in [-0.39, 0.29) is 5.69 Å². The fraction of sp³-hybridized carbons (Fsp3) is 0.400. The van der Waals surface area contributed by atoms with Crippen LogP contribution in [0.3, 0.4) is 0 Å². The predicted octanol–water partition coefficient (Wildman–Crippen LogP) is 4.28. The van der Waals surface area contributed by atoms with Gasteiger partial charge in [0, 0.05) is 36.7 Å². The predicted molar refractivity (Wildman–Crippen MR) is 129 cm³/mol. The van der Waals surface area contributed by atoms with E-state index in [1.54, 1.807) is 6.20 Å². The number of benzene rings is 1. The molecule has 8 nitrogen and oxygen atoms in total. The summed E-state index contributed by atoms with van der Waals surface area (Å²) in [5, 5.41) is 14.1. The van der Waals surface area contributed by atoms with Gasteiger partial charge in [-0.05, 0) is 53.3 Å². The molecular formula is C25H31N7O. The molecule has 0 amide bonds. The lowest BCUT2D eigenvalue weighted by Crippen LogP contribution is -2.26. The van der Waals surface area contributed by atoms with Crippen molar-refractivity contribution in [2.45, 2.75) is 65.5 Å². The van der Waals surface area contributed by atoms with Gasteiger partial charge in [-0.2, -0.15) is 0 Å². The zero-order valence-electron chi connectivity index (χ0n) is 19.4. The fourth-order valence-corrected chi connectivity index (χ4v) is 4.05. The van der Waals surface area contributed by atoms with E-state index in [2.05, 4.69) is 69.9 Å². The third-order valence-electron chi connectivity index (χ3n) is 5.93. The van der Waals surface area contributed by atoms with Gasteiger partial charge in [-0.3, -0.25) is 14.1 Å². The number of unbranched alkanes of at least 4 members (excludes halogenated alkanes) is 2. The molecule has 0 fully saturated rings. The summed E-state index contributed by atoms with van der Waals surface area (Å²) in [6, 6.07) is 12.3. The van der Waals surface area contributed by atoms with E-state index >= 15 is 0 Å². The van der Waals surface area contributed by atoms with Crippen LogP contribution in [0.4, 0.5) is 0 Å². The summed E-state index contributed by atoms with van der Waals surface area (Å²) in [5.74, 6) is 0.543. The van der Waals surface area contributed by atoms with Crippen LogP contribution in [0, 0.1) is 0 Å². The van der Waals surface area contributed by atoms with Crippen LogP contribution in [0.15, 0.2) is 53.6 Å². The molecule has 8 heteroatoms. The summed E-state index contributed by atoms with van der Waals surface area (Å²) < 4.78 is 3.86. The topological polar surface area (TPSA) is 94.3 Å². The van der Waals surface area contributed by atoms with Crippen molar-refractivity contribution in [1.29, 1.82) is 0 Å². The van der Waals surface area contributed by atoms with Crippen LogP contribution < -0.4 is 5.69 Å². The molecule has 1 N–H and O–H groups in total. The van der Waals surface area contributed by atoms with Crippen LogP contribution in [0.2, 0.25) is 0 Å². The van der Waals surface area contributed by atoms with Crippen molar-refractivity contribution < 1.29 is 0 Å². The summed E-state index contributed by atoms with van der Waals surface area (Å²) in [5.41, 5.74) is 5.19. The van der Waals surface area contributed by atoms with Crippen LogP contribution >= 0.6 is 0 Å². The summed E-state index contributed by atoms with van der Waals surface area (Å²) in [6.07, 6.45) is 9.89. The number of aromatic amines is 1. The lowest BCUT2D eigenvalue weighted by molar-refractivity contribution is 0.573. The Bertz CT molecular complexity index is 1210. The highest BCUT2D eigenvalue weighted by molar-refractivity contribution is 5.77. The Morgan fingerprint density at radius 1 is 0.970 bits per heavy atom. The first-order valence-electron chi connectivity index (χ1n) is 11.8. The van der Waals surface area contributed by atoms with Crippen molar-refractivity contribution in [3.63, 3.8) is 0 Å². The smallest absolute Gasteiger partial charge is 0.299 e. The SMILES string of the molecule is CCCCc1cn(CCCC)c(=O)n1CCc1ccc(-c2cccnc2-c2nnn[nH]2)cc1. The van der Waals surface area contributed by atoms with Gasteiger partial charge in [-0.15, -0.1) is 5.10 Å². The number of rotatable bonds is 11. The standard InChI is InChI=1S/C25H31N7O/c1-3-5-8-21-18-31(16-6-4-2)25(33)32(21)17-14-19-10-12-20(13-11-19)22-9-7-15-26-23(22)24-27-29-30-28-24/h7,9-13,15,18H,3-6,8,14,16-17H2,1-2H3,(H,27,28,29,30). The van der Waals surface area contributed by atoms with Crippen LogP contribution in [0.25, 0.3) is 22.6 Å². The first-order chi connectivity index (χ1) is 16.2. The molecule has 3 heterocycles. The molecule has 0 unspecified atom stereocenters. The number of hydrogen-bond acceptors (Lipinski definition) is 5. The van der Waals surface area contributed by atoms with E-state index in [1.165, 1.54) is 5.56 Å². The number of aromatic nitrogens is 7. The fourth-order valence-electron chi connectivity index (χ4n) is 4.05. The molecule has 0 saturated heterocycles. The number of nitrogens with zero attached hydrogens (tertiary/aromatic N) is 6. The number of imidazole rings is 1. The van der Waals surface area contributed by atoms with Crippen LogP contribution in [-0.2, 0) is 25.9 Å². The molecule has 4 aromatic rings. The quantitative estimate of drug-likeness (QED) is 0.372. The highest BCUT2D eigenvalue weighted by Gasteiger charge is 2.13. The van der Waals surface area contributed by atoms with E-state index in [0.717, 1.165) is 67.6 Å². The number of H-pyrrole nitrogens is 1. The van der Waals surface area contributed by atoms with Crippen molar-refractivity contribution in [1.82, 2.24) is 34.7 Å². The minimum atomic E-state index is 0.117. The monoisotopic (exact) mass is 445 g/mol. The van der Waals surface area contributed by atoms with Crippen molar-refractivity contribution in [3.8, 4) is 22.6 Å². The first kappa shape index (κ1) is 22.6. The third kappa shape index (κ3) is 5.27. The molecule has 0 radical (unpaired) electrons. The lowest BCUT2D eigenvalue weighted by Gasteiger charge is -2.09. The molecule has 1 aromatic carbocycles. The second-order valence-corrected chi connectivity index (χ2v) is 8.30. The molecule has 0 aliphatic carbocycles. The number of pyridine rings is 1. The second-order valence-electron chi connectivity index (χ2n) is 8.30. The Morgan fingerprint density at radius 2 is 1.79 bits per heavy atom. The average Bonchev–Trinajstić information content (AvgIpc) is 3.49. The molecule has 0 spiro atoms. The van der Waals surface area contributed by atoms with E-state index < -0.39 is 0 Å². The maximum absolute atomic E-state index is 13.0. The van der Waals surface area contributed by atoms with Crippen LogP contribution in [-0.4, -0.2) is 34.7 Å². The molecular weight excluding hydrogens is 414 g/mol. The zero-order chi connectivity index (χ0) is 23.0. The maximum Gasteiger partial charge on any atom is 0.328 e. The molecule has 0 saturated carbocycles. The molecule has 0 bridgehead atoms. The van der Waals surface area contributed by atoms with Gasteiger partial charge in [-0.1, -0.05) is 57.0 Å². The van der Waals surface area contributed by atoms with Crippen molar-refractivity contribution in [3.05, 3.63) is 70.5 Å². The van der Waals surface area contributed by atoms with Crippen LogP contribution in [0.1, 0.15) is 50.8 Å². The molecule has 172 valence electrons. The molecule has 33 heavy (non-hydrogen) atoms. The lowest BCUT2D eigenvalue weighted by atomic mass is 10.0. The Kier molecular flexibility index (Phi) is 7.44. The third-order valence-corrected chi connectivity index (χ3v) is 5.93. The van der Waals surface area contributed by atoms with E-state index in [1.807, 2.05) is 21.3 Å². The van der Waals surface area contributed by atoms with Crippen molar-refractivity contribution in [2.75, 3.05) is 0 Å². The van der Waals surface area contributed by atoms with Gasteiger partial charge in [0.15, 0.2) is 5.82 Å². The van der Waals surface area contributed by atoms with Gasteiger partial charge in [-0.25, -0.2) is 9.89 Å². The minimum Gasteiger partial charge on any atom is -0.299 e. The Labute approximate surface area is 193 Å². The first-order valence-corrected chi connectivity index (χ1v) is 11.8. The number of aryl methyl sites for hydroxylation is 3. The number of nitrogens with one attached hydrogen (secondary N) is 1. The zero-order valence-corrected chi connectivity index (χ0v) is 19.4. The summed E-state index contributed by atoms with van der Waals surface area (Å²) >= 11 is 0. The summed E-state index contributed by atoms with van der Waals surface area (Å²) in [4.78, 5) is 17.4. The normalized spacial score (nSPS) is 11.2. The van der Waals surface area contributed by atoms with Gasteiger partial charge >= 0.3 is 5.69 Å². The van der Waals surface area contributed by atoms with Crippen LogP contribution in [0.5, 0.6) is 0 Å². The Balaban J connectivity index is 1.51. The van der Waals surface area contributed by atoms with E-state index in [4.69, 9.17) is 0 Å². The molecule has 0 aliphatic rings. The van der Waals surface area contributed by atoms with E-state index in [9.17, 15) is 4.79 Å². The Morgan fingerprint density at radius 3 is 2.52 bits per heavy atom. The largest absolute Gasteiger partial charge is 0.328 e. The molecule has 0 atom stereocenters. The van der Waals surface area contributed by atoms with Gasteiger partial charge in [0.1, 0.15) is 5.69 Å². The summed E-state index contributed by atoms with van der Waals surface area (Å²) in [6.45, 7) is 5.83. The maximum atomic E-state index is 13.0. The van der Waals surface area contributed by atoms with Gasteiger partial charge in [0.05, 0.1) is 0 Å². The number of tetrazole rings is 1. The Hall–Kier alpha value is -3.55. The molecule has 4 rings (SSSR count). The highest BCUT2D eigenvalue weighted by Crippen LogP contribution is 2.28. The average molecular weight is 446 g/mol. The van der Waals surface area contributed by atoms with Crippen molar-refractivity contribution in [2.24, 2.45) is 0 Å². The highest BCUT2D eigenvalue weighted by atomic mass is 16.1. The minimum absolute atomic E-state index is 0.117. The van der Waals surface area contributed by atoms with Crippen molar-refractivity contribution >= 4 is 0 Å². The number of hydrogen-bond donors (Lipinski definition) is 1. The van der Waals surface area contributed by atoms with Gasteiger partial charge < -0.3 is 0 Å². The second kappa shape index (κ2) is 10.8. The van der Waals surface area contributed by atoms with E-state index in [0.29, 0.717) is 12.4 Å². The molecule has 3 aromatic heterocycles. The summed E-state index contributed by atoms with van der Waals surface area (Å²) in [7, 11) is 0. The molecule has 0 aliphatic heterocycles.